The summed E-state index contributed by atoms with van der Waals surface area (Å²) >= 11 is 0. The lowest BCUT2D eigenvalue weighted by atomic mass is 10.1. The summed E-state index contributed by atoms with van der Waals surface area (Å²) in [7, 11) is 1.64. The van der Waals surface area contributed by atoms with Gasteiger partial charge in [-0.1, -0.05) is 5.16 Å². The van der Waals surface area contributed by atoms with E-state index in [-0.39, 0.29) is 17.3 Å². The van der Waals surface area contributed by atoms with Gasteiger partial charge in [-0.05, 0) is 37.3 Å². The first-order valence-electron chi connectivity index (χ1n) is 8.34. The van der Waals surface area contributed by atoms with Crippen molar-refractivity contribution in [1.29, 1.82) is 0 Å². The Labute approximate surface area is 161 Å². The van der Waals surface area contributed by atoms with E-state index >= 15 is 0 Å². The van der Waals surface area contributed by atoms with Crippen LogP contribution in [0.15, 0.2) is 41.1 Å². The molecule has 29 heavy (non-hydrogen) atoms. The molecule has 3 aromatic rings. The number of pyridine rings is 1. The number of aromatic nitrogens is 3. The van der Waals surface area contributed by atoms with Crippen molar-refractivity contribution in [3.05, 3.63) is 42.1 Å². The maximum Gasteiger partial charge on any atom is 0.419 e. The van der Waals surface area contributed by atoms with E-state index in [1.165, 1.54) is 6.07 Å². The normalized spacial score (nSPS) is 12.8. The summed E-state index contributed by atoms with van der Waals surface area (Å²) in [5.74, 6) is -0.304. The summed E-state index contributed by atoms with van der Waals surface area (Å²) in [4.78, 5) is 8.21. The highest BCUT2D eigenvalue weighted by atomic mass is 19.4. The van der Waals surface area contributed by atoms with E-state index in [2.05, 4.69) is 20.4 Å². The van der Waals surface area contributed by atoms with Gasteiger partial charge in [-0.15, -0.1) is 0 Å². The summed E-state index contributed by atoms with van der Waals surface area (Å²) in [6.45, 7) is 0.982. The number of benzene rings is 1. The van der Waals surface area contributed by atoms with Crippen LogP contribution in [0.3, 0.4) is 0 Å². The average Bonchev–Trinajstić information content (AvgIpc) is 3.17. The van der Waals surface area contributed by atoms with Crippen LogP contribution in [0.1, 0.15) is 12.5 Å². The largest absolute Gasteiger partial charge is 0.484 e. The molecular weight excluding hydrogens is 399 g/mol. The minimum atomic E-state index is -4.83. The monoisotopic (exact) mass is 414 g/mol. The molecule has 0 aliphatic heterocycles. The van der Waals surface area contributed by atoms with Gasteiger partial charge < -0.3 is 14.6 Å². The highest BCUT2D eigenvalue weighted by Crippen LogP contribution is 2.39. The van der Waals surface area contributed by atoms with Crippen molar-refractivity contribution >= 4 is 5.82 Å². The molecule has 0 radical (unpaired) electrons. The minimum absolute atomic E-state index is 0.0389. The van der Waals surface area contributed by atoms with Crippen LogP contribution in [0.25, 0.3) is 22.8 Å². The van der Waals surface area contributed by atoms with E-state index < -0.39 is 30.0 Å². The zero-order valence-electron chi connectivity index (χ0n) is 15.2. The maximum atomic E-state index is 13.4. The first-order valence-corrected chi connectivity index (χ1v) is 8.34. The van der Waals surface area contributed by atoms with Crippen LogP contribution in [0.2, 0.25) is 0 Å². The van der Waals surface area contributed by atoms with Crippen molar-refractivity contribution in [3.8, 4) is 28.6 Å². The van der Waals surface area contributed by atoms with Gasteiger partial charge in [-0.2, -0.15) is 18.2 Å². The van der Waals surface area contributed by atoms with Crippen LogP contribution < -0.4 is 10.1 Å². The molecule has 11 heteroatoms. The summed E-state index contributed by atoms with van der Waals surface area (Å²) in [5.41, 5.74) is -0.769. The van der Waals surface area contributed by atoms with Gasteiger partial charge in [0, 0.05) is 18.8 Å². The quantitative estimate of drug-likeness (QED) is 0.579. The molecule has 0 spiro atoms. The van der Waals surface area contributed by atoms with E-state index in [0.29, 0.717) is 17.4 Å². The third kappa shape index (κ3) is 4.44. The van der Waals surface area contributed by atoms with Crippen molar-refractivity contribution < 1.29 is 31.2 Å². The van der Waals surface area contributed by atoms with Gasteiger partial charge in [0.1, 0.15) is 11.6 Å². The van der Waals surface area contributed by atoms with Crippen LogP contribution in [0.5, 0.6) is 5.75 Å². The fourth-order valence-corrected chi connectivity index (χ4v) is 2.47. The number of hydrogen-bond donors (Lipinski definition) is 1. The van der Waals surface area contributed by atoms with E-state index in [1.807, 2.05) is 0 Å². The van der Waals surface area contributed by atoms with Crippen molar-refractivity contribution in [1.82, 2.24) is 15.1 Å². The van der Waals surface area contributed by atoms with Crippen LogP contribution >= 0.6 is 0 Å². The minimum Gasteiger partial charge on any atom is -0.484 e. The molecule has 2 heterocycles. The maximum absolute atomic E-state index is 13.4. The Kier molecular flexibility index (Phi) is 5.66. The highest BCUT2D eigenvalue weighted by Gasteiger charge is 2.36. The third-order valence-electron chi connectivity index (χ3n) is 3.91. The number of alkyl halides is 5. The number of halogens is 5. The van der Waals surface area contributed by atoms with Crippen LogP contribution in [-0.2, 0) is 6.18 Å². The number of hydrogen-bond acceptors (Lipinski definition) is 6. The SMILES string of the molecule is CNc1ncccc1-c1noc(-c2ccc(OC(C)C(F)F)c(C(F)(F)F)c2)n1. The molecule has 0 saturated heterocycles. The van der Waals surface area contributed by atoms with Gasteiger partial charge >= 0.3 is 6.18 Å². The summed E-state index contributed by atoms with van der Waals surface area (Å²) in [5, 5.41) is 6.63. The lowest BCUT2D eigenvalue weighted by Gasteiger charge is -2.18. The Morgan fingerprint density at radius 2 is 1.93 bits per heavy atom. The molecule has 1 aromatic carbocycles. The fourth-order valence-electron chi connectivity index (χ4n) is 2.47. The second-order valence-electron chi connectivity index (χ2n) is 5.94. The topological polar surface area (TPSA) is 73.1 Å². The van der Waals surface area contributed by atoms with Crippen LogP contribution in [0.4, 0.5) is 27.8 Å². The Morgan fingerprint density at radius 3 is 2.59 bits per heavy atom. The Bertz CT molecular complexity index is 990. The molecule has 3 rings (SSSR count). The number of anilines is 1. The molecular formula is C18H15F5N4O2. The molecule has 0 saturated carbocycles. The molecule has 6 nitrogen and oxygen atoms in total. The van der Waals surface area contributed by atoms with Crippen molar-refractivity contribution in [3.63, 3.8) is 0 Å². The lowest BCUT2D eigenvalue weighted by Crippen LogP contribution is -2.22. The second-order valence-corrected chi connectivity index (χ2v) is 5.94. The number of rotatable bonds is 6. The lowest BCUT2D eigenvalue weighted by molar-refractivity contribution is -0.139. The van der Waals surface area contributed by atoms with Gasteiger partial charge in [0.2, 0.25) is 5.82 Å². The smallest absolute Gasteiger partial charge is 0.419 e. The molecule has 154 valence electrons. The number of nitrogens with one attached hydrogen (secondary N) is 1. The van der Waals surface area contributed by atoms with E-state index in [9.17, 15) is 22.0 Å². The van der Waals surface area contributed by atoms with Gasteiger partial charge in [0.05, 0.1) is 11.1 Å². The Balaban J connectivity index is 1.99. The van der Waals surface area contributed by atoms with Gasteiger partial charge in [0.25, 0.3) is 12.3 Å². The number of ether oxygens (including phenoxy) is 1. The summed E-state index contributed by atoms with van der Waals surface area (Å²) in [6.07, 6.45) is -7.93. The van der Waals surface area contributed by atoms with Gasteiger partial charge in [-0.25, -0.2) is 13.8 Å². The van der Waals surface area contributed by atoms with E-state index in [4.69, 9.17) is 9.26 Å². The highest BCUT2D eigenvalue weighted by molar-refractivity contribution is 5.70. The fraction of sp³-hybridized carbons (Fsp3) is 0.278. The van der Waals surface area contributed by atoms with Crippen LogP contribution in [-0.4, -0.2) is 34.7 Å². The average molecular weight is 414 g/mol. The van der Waals surface area contributed by atoms with Crippen molar-refractivity contribution in [2.75, 3.05) is 12.4 Å². The molecule has 2 aromatic heterocycles. The Morgan fingerprint density at radius 1 is 1.17 bits per heavy atom. The summed E-state index contributed by atoms with van der Waals surface area (Å²) < 4.78 is 75.4. The number of nitrogens with zero attached hydrogens (tertiary/aromatic N) is 3. The van der Waals surface area contributed by atoms with Crippen LogP contribution in [0, 0.1) is 0 Å². The predicted molar refractivity (Wildman–Crippen MR) is 93.6 cm³/mol. The molecule has 1 atom stereocenters. The first-order chi connectivity index (χ1) is 13.7. The zero-order valence-corrected chi connectivity index (χ0v) is 15.2. The predicted octanol–water partition coefficient (Wildman–Crippen LogP) is 4.89. The van der Waals surface area contributed by atoms with Crippen molar-refractivity contribution in [2.45, 2.75) is 25.6 Å². The second kappa shape index (κ2) is 8.02. The molecule has 0 aliphatic carbocycles. The molecule has 0 fully saturated rings. The van der Waals surface area contributed by atoms with Gasteiger partial charge in [-0.3, -0.25) is 0 Å². The van der Waals surface area contributed by atoms with E-state index in [0.717, 1.165) is 13.0 Å². The first kappa shape index (κ1) is 20.5. The molecule has 1 N–H and O–H groups in total. The summed E-state index contributed by atoms with van der Waals surface area (Å²) in [6, 6.07) is 6.20. The molecule has 0 amide bonds. The van der Waals surface area contributed by atoms with Crippen molar-refractivity contribution in [2.24, 2.45) is 0 Å². The van der Waals surface area contributed by atoms with Gasteiger partial charge in [0.15, 0.2) is 6.10 Å². The van der Waals surface area contributed by atoms with E-state index in [1.54, 1.807) is 25.4 Å². The third-order valence-corrected chi connectivity index (χ3v) is 3.91. The zero-order chi connectivity index (χ0) is 21.2. The molecule has 1 unspecified atom stereocenters. The standard InChI is InChI=1S/C18H15F5N4O2/c1-9(14(19)20)28-13-6-5-10(8-12(13)18(21,22)23)17-26-16(27-29-17)11-4-3-7-25-15(11)24-2/h3-9,14H,1-2H3,(H,24,25). The molecule has 0 aliphatic rings. The molecule has 0 bridgehead atoms. The Hall–Kier alpha value is -3.24.